The number of hydrogen-bond acceptors (Lipinski definition) is 5. The molecule has 3 unspecified atom stereocenters. The minimum absolute atomic E-state index is 0.0111. The molecular weight excluding hydrogens is 486 g/mol. The van der Waals surface area contributed by atoms with Gasteiger partial charge in [-0.3, -0.25) is 19.2 Å². The van der Waals surface area contributed by atoms with Crippen LogP contribution < -0.4 is 21.3 Å². The molecule has 38 heavy (non-hydrogen) atoms. The van der Waals surface area contributed by atoms with Gasteiger partial charge in [-0.1, -0.05) is 46.1 Å². The number of amides is 5. The molecule has 1 aliphatic heterocycles. The van der Waals surface area contributed by atoms with Gasteiger partial charge in [-0.15, -0.1) is 6.58 Å². The normalized spacial score (nSPS) is 25.2. The molecule has 2 saturated carbocycles. The molecule has 0 spiro atoms. The van der Waals surface area contributed by atoms with Crippen molar-refractivity contribution in [1.29, 1.82) is 0 Å². The number of likely N-dealkylation sites (tertiary alicyclic amines) is 1. The molecule has 0 aromatic carbocycles. The van der Waals surface area contributed by atoms with Crippen molar-refractivity contribution in [1.82, 2.24) is 26.2 Å². The third-order valence-electron chi connectivity index (χ3n) is 8.44. The summed E-state index contributed by atoms with van der Waals surface area (Å²) in [6.45, 7) is 13.9. The van der Waals surface area contributed by atoms with E-state index in [9.17, 15) is 24.0 Å². The predicted octanol–water partition coefficient (Wildman–Crippen LogP) is 1.89. The molecule has 4 N–H and O–H groups in total. The SMILES string of the molecule is C=CCNC(=O)C(=O)C(CCC)NC(=O)[C@@H]1C2C(CN1C(=O)[C@@H](NC(=O)NC(C)C)C1CCCC1)C2(C)C. The molecule has 2 aliphatic carbocycles. The number of ketones is 1. The van der Waals surface area contributed by atoms with Crippen molar-refractivity contribution in [3.05, 3.63) is 12.7 Å². The topological polar surface area (TPSA) is 137 Å². The van der Waals surface area contributed by atoms with Crippen LogP contribution in [0.4, 0.5) is 4.79 Å². The zero-order chi connectivity index (χ0) is 28.2. The van der Waals surface area contributed by atoms with E-state index in [0.29, 0.717) is 19.4 Å². The number of piperidine rings is 1. The highest BCUT2D eigenvalue weighted by Crippen LogP contribution is 2.65. The van der Waals surface area contributed by atoms with Gasteiger partial charge in [0.1, 0.15) is 12.1 Å². The summed E-state index contributed by atoms with van der Waals surface area (Å²) in [7, 11) is 0. The van der Waals surface area contributed by atoms with Gasteiger partial charge >= 0.3 is 6.03 Å². The number of nitrogens with zero attached hydrogens (tertiary/aromatic N) is 1. The van der Waals surface area contributed by atoms with Gasteiger partial charge in [0.2, 0.25) is 17.6 Å². The van der Waals surface area contributed by atoms with Gasteiger partial charge in [-0.05, 0) is 56.3 Å². The highest BCUT2D eigenvalue weighted by molar-refractivity contribution is 6.38. The maximum absolute atomic E-state index is 14.0. The molecule has 10 nitrogen and oxygen atoms in total. The lowest BCUT2D eigenvalue weighted by Gasteiger charge is -2.35. The van der Waals surface area contributed by atoms with Crippen molar-refractivity contribution < 1.29 is 24.0 Å². The average Bonchev–Trinajstić information content (AvgIpc) is 3.31. The van der Waals surface area contributed by atoms with Crippen LogP contribution in [0, 0.1) is 23.2 Å². The van der Waals surface area contributed by atoms with E-state index in [1.54, 1.807) is 4.90 Å². The van der Waals surface area contributed by atoms with Crippen molar-refractivity contribution in [2.45, 2.75) is 97.3 Å². The first-order valence-electron chi connectivity index (χ1n) is 14.0. The van der Waals surface area contributed by atoms with Gasteiger partial charge in [-0.25, -0.2) is 4.79 Å². The second kappa shape index (κ2) is 12.3. The summed E-state index contributed by atoms with van der Waals surface area (Å²) < 4.78 is 0. The molecule has 0 bridgehead atoms. The molecule has 1 heterocycles. The zero-order valence-corrected chi connectivity index (χ0v) is 23.5. The third kappa shape index (κ3) is 6.38. The highest BCUT2D eigenvalue weighted by atomic mass is 16.2. The fourth-order valence-electron chi connectivity index (χ4n) is 6.33. The molecule has 212 valence electrons. The maximum atomic E-state index is 14.0. The van der Waals surface area contributed by atoms with Crippen LogP contribution in [0.1, 0.15) is 73.1 Å². The Kier molecular flexibility index (Phi) is 9.59. The first-order valence-corrected chi connectivity index (χ1v) is 14.0. The predicted molar refractivity (Wildman–Crippen MR) is 144 cm³/mol. The van der Waals surface area contributed by atoms with E-state index in [-0.39, 0.29) is 41.7 Å². The summed E-state index contributed by atoms with van der Waals surface area (Å²) >= 11 is 0. The maximum Gasteiger partial charge on any atom is 0.315 e. The first kappa shape index (κ1) is 29.6. The lowest BCUT2D eigenvalue weighted by atomic mass is 9.94. The molecule has 3 rings (SSSR count). The molecular formula is C28H45N5O5. The Hall–Kier alpha value is -2.91. The molecule has 0 aromatic rings. The monoisotopic (exact) mass is 531 g/mol. The van der Waals surface area contributed by atoms with Crippen molar-refractivity contribution in [3.8, 4) is 0 Å². The molecule has 5 atom stereocenters. The van der Waals surface area contributed by atoms with Gasteiger partial charge < -0.3 is 26.2 Å². The molecule has 3 fully saturated rings. The quantitative estimate of drug-likeness (QED) is 0.225. The summed E-state index contributed by atoms with van der Waals surface area (Å²) in [5.74, 6) is -2.02. The molecule has 3 aliphatic rings. The summed E-state index contributed by atoms with van der Waals surface area (Å²) in [6, 6.07) is -2.93. The van der Waals surface area contributed by atoms with Gasteiger partial charge in [0.05, 0.1) is 6.04 Å². The summed E-state index contributed by atoms with van der Waals surface area (Å²) in [6.07, 6.45) is 6.06. The average molecular weight is 532 g/mol. The number of hydrogen-bond donors (Lipinski definition) is 4. The largest absolute Gasteiger partial charge is 0.346 e. The summed E-state index contributed by atoms with van der Waals surface area (Å²) in [5.41, 5.74) is -0.115. The van der Waals surface area contributed by atoms with E-state index in [2.05, 4.69) is 41.7 Å². The number of Topliss-reactive ketones (excluding diaryl/α,β-unsaturated/α-hetero) is 1. The van der Waals surface area contributed by atoms with Crippen LogP contribution >= 0.6 is 0 Å². The second-order valence-corrected chi connectivity index (χ2v) is 11.9. The third-order valence-corrected chi connectivity index (χ3v) is 8.44. The van der Waals surface area contributed by atoms with Crippen molar-refractivity contribution in [2.75, 3.05) is 13.1 Å². The van der Waals surface area contributed by atoms with Gasteiger partial charge in [0.25, 0.3) is 5.91 Å². The number of urea groups is 1. The molecule has 10 heteroatoms. The Balaban J connectivity index is 1.81. The molecule has 1 saturated heterocycles. The standard InChI is InChI=1S/C28H45N5O5/c1-7-11-19(23(34)25(36)29-14-8-2)31-24(35)22-20-18(28(20,5)6)15-33(22)26(37)21(17-12-9-10-13-17)32-27(38)30-16(3)4/h8,16-22H,2,7,9-15H2,1,3-6H3,(H,29,36)(H,31,35)(H2,30,32,38)/t18?,19?,20?,21-,22-/m0/s1. The van der Waals surface area contributed by atoms with Crippen LogP contribution in [0.5, 0.6) is 0 Å². The fourth-order valence-corrected chi connectivity index (χ4v) is 6.33. The van der Waals surface area contributed by atoms with Gasteiger partial charge in [0.15, 0.2) is 0 Å². The number of carbonyl (C=O) groups is 5. The molecule has 0 aromatic heterocycles. The smallest absolute Gasteiger partial charge is 0.315 e. The number of carbonyl (C=O) groups excluding carboxylic acids is 5. The summed E-state index contributed by atoms with van der Waals surface area (Å²) in [5, 5.41) is 11.0. The number of fused-ring (bicyclic) bond motifs is 1. The highest BCUT2D eigenvalue weighted by Gasteiger charge is 2.69. The van der Waals surface area contributed by atoms with E-state index < -0.39 is 41.8 Å². The second-order valence-electron chi connectivity index (χ2n) is 11.9. The van der Waals surface area contributed by atoms with Gasteiger partial charge in [0, 0.05) is 19.1 Å². The first-order chi connectivity index (χ1) is 17.9. The van der Waals surface area contributed by atoms with E-state index in [4.69, 9.17) is 0 Å². The van der Waals surface area contributed by atoms with Crippen LogP contribution in [0.3, 0.4) is 0 Å². The van der Waals surface area contributed by atoms with E-state index in [0.717, 1.165) is 25.7 Å². The van der Waals surface area contributed by atoms with Crippen LogP contribution in [0.25, 0.3) is 0 Å². The van der Waals surface area contributed by atoms with Crippen molar-refractivity contribution in [2.24, 2.45) is 23.2 Å². The van der Waals surface area contributed by atoms with Crippen LogP contribution in [0.15, 0.2) is 12.7 Å². The zero-order valence-electron chi connectivity index (χ0n) is 23.5. The van der Waals surface area contributed by atoms with E-state index >= 15 is 0 Å². The van der Waals surface area contributed by atoms with E-state index in [1.165, 1.54) is 6.08 Å². The molecule has 5 amide bonds. The minimum atomic E-state index is -0.976. The Labute approximate surface area is 226 Å². The Morgan fingerprint density at radius 2 is 1.71 bits per heavy atom. The summed E-state index contributed by atoms with van der Waals surface area (Å²) in [4.78, 5) is 67.1. The lowest BCUT2D eigenvalue weighted by Crippen LogP contribution is -2.60. The van der Waals surface area contributed by atoms with Crippen molar-refractivity contribution >= 4 is 29.5 Å². The molecule has 0 radical (unpaired) electrons. The van der Waals surface area contributed by atoms with Gasteiger partial charge in [-0.2, -0.15) is 0 Å². The Bertz CT molecular complexity index is 942. The Morgan fingerprint density at radius 3 is 2.29 bits per heavy atom. The fraction of sp³-hybridized carbons (Fsp3) is 0.750. The van der Waals surface area contributed by atoms with E-state index in [1.807, 2.05) is 20.8 Å². The number of nitrogens with one attached hydrogen (secondary N) is 4. The lowest BCUT2D eigenvalue weighted by molar-refractivity contribution is -0.144. The van der Waals surface area contributed by atoms with Crippen LogP contribution in [0.2, 0.25) is 0 Å². The van der Waals surface area contributed by atoms with Crippen LogP contribution in [-0.4, -0.2) is 71.7 Å². The Morgan fingerprint density at radius 1 is 1.05 bits per heavy atom. The van der Waals surface area contributed by atoms with Crippen molar-refractivity contribution in [3.63, 3.8) is 0 Å². The number of rotatable bonds is 12. The van der Waals surface area contributed by atoms with Crippen LogP contribution in [-0.2, 0) is 19.2 Å². The minimum Gasteiger partial charge on any atom is -0.346 e.